The van der Waals surface area contributed by atoms with Gasteiger partial charge in [-0.3, -0.25) is 18.6 Å². The van der Waals surface area contributed by atoms with E-state index >= 15 is 0 Å². The highest BCUT2D eigenvalue weighted by Crippen LogP contribution is 2.29. The summed E-state index contributed by atoms with van der Waals surface area (Å²) in [5.74, 6) is -2.49. The van der Waals surface area contributed by atoms with Crippen molar-refractivity contribution in [2.45, 2.75) is 89.6 Å². The Bertz CT molecular complexity index is 1130. The summed E-state index contributed by atoms with van der Waals surface area (Å²) >= 11 is 0. The van der Waals surface area contributed by atoms with Crippen LogP contribution < -0.4 is 5.32 Å². The van der Waals surface area contributed by atoms with Crippen molar-refractivity contribution in [2.75, 3.05) is 6.61 Å². The highest BCUT2D eigenvalue weighted by atomic mass is 32.2. The summed E-state index contributed by atoms with van der Waals surface area (Å²) in [6.45, 7) is 9.10. The second kappa shape index (κ2) is 12.5. The van der Waals surface area contributed by atoms with Gasteiger partial charge in [0.05, 0.1) is 11.5 Å². The molecule has 0 bridgehead atoms. The molecule has 1 aromatic rings. The minimum atomic E-state index is -4.29. The molecule has 2 rings (SSSR count). The standard InChI is InChI=1S/C24H33NO12S/c1-13-8-10-17(11-9-13)38(30,31)32-12-18-20(33-14(2)26)21(34-15(3)27)19(22(36-18)35-16(4)28)25-23(29)37-24(5,6)7/h8-11,18-22H,12H2,1-7H3,(H,25,29)/t18-,19+,20-,21-,22+/m1/s1. The minimum absolute atomic E-state index is 0.138. The molecular formula is C24H33NO12S. The smallest absolute Gasteiger partial charge is 0.408 e. The third-order valence-corrected chi connectivity index (χ3v) is 6.21. The van der Waals surface area contributed by atoms with E-state index in [4.69, 9.17) is 27.9 Å². The topological polar surface area (TPSA) is 170 Å². The SMILES string of the molecule is CC(=O)O[C@H]1O[C@H](COS(=O)(=O)c2ccc(C)cc2)[C@@H](OC(C)=O)[C@H](OC(C)=O)[C@@H]1NC(=O)OC(C)(C)C. The van der Waals surface area contributed by atoms with Crippen LogP contribution in [0.3, 0.4) is 0 Å². The third-order valence-electron chi connectivity index (χ3n) is 4.91. The average molecular weight is 560 g/mol. The maximum atomic E-state index is 12.7. The molecule has 1 amide bonds. The van der Waals surface area contributed by atoms with Gasteiger partial charge in [-0.2, -0.15) is 8.42 Å². The molecule has 212 valence electrons. The number of hydrogen-bond donors (Lipinski definition) is 1. The number of carbonyl (C=O) groups excluding carboxylic acids is 4. The Hall–Kier alpha value is -3.23. The van der Waals surface area contributed by atoms with Gasteiger partial charge in [0.1, 0.15) is 17.7 Å². The number of alkyl carbamates (subject to hydrolysis) is 1. The van der Waals surface area contributed by atoms with E-state index in [0.29, 0.717) is 0 Å². The van der Waals surface area contributed by atoms with Crippen LogP contribution in [0.4, 0.5) is 4.79 Å². The number of ether oxygens (including phenoxy) is 5. The van der Waals surface area contributed by atoms with Crippen LogP contribution in [0.5, 0.6) is 0 Å². The van der Waals surface area contributed by atoms with Crippen molar-refractivity contribution in [1.29, 1.82) is 0 Å². The van der Waals surface area contributed by atoms with Crippen LogP contribution in [-0.2, 0) is 52.4 Å². The summed E-state index contributed by atoms with van der Waals surface area (Å²) in [5, 5.41) is 2.42. The normalized spacial score (nSPS) is 23.6. The number of aryl methyl sites for hydroxylation is 1. The zero-order valence-corrected chi connectivity index (χ0v) is 23.0. The molecule has 0 spiro atoms. The average Bonchev–Trinajstić information content (AvgIpc) is 2.74. The van der Waals surface area contributed by atoms with Gasteiger partial charge in [-0.05, 0) is 39.8 Å². The molecule has 1 aliphatic rings. The summed E-state index contributed by atoms with van der Waals surface area (Å²) in [7, 11) is -4.29. The molecule has 1 aromatic carbocycles. The van der Waals surface area contributed by atoms with E-state index in [9.17, 15) is 27.6 Å². The summed E-state index contributed by atoms with van der Waals surface area (Å²) in [4.78, 5) is 48.2. The Labute approximate surface area is 221 Å². The molecule has 14 heteroatoms. The monoisotopic (exact) mass is 559 g/mol. The van der Waals surface area contributed by atoms with Crippen molar-refractivity contribution in [3.8, 4) is 0 Å². The fourth-order valence-corrected chi connectivity index (χ4v) is 4.41. The van der Waals surface area contributed by atoms with E-state index in [-0.39, 0.29) is 4.90 Å². The Balaban J connectivity index is 2.43. The molecule has 0 saturated carbocycles. The molecule has 1 fully saturated rings. The molecule has 0 aliphatic carbocycles. The predicted molar refractivity (Wildman–Crippen MR) is 129 cm³/mol. The van der Waals surface area contributed by atoms with Crippen LogP contribution in [0.1, 0.15) is 47.1 Å². The largest absolute Gasteiger partial charge is 0.456 e. The number of benzene rings is 1. The number of hydrogen-bond acceptors (Lipinski definition) is 12. The van der Waals surface area contributed by atoms with Crippen molar-refractivity contribution in [3.63, 3.8) is 0 Å². The number of rotatable bonds is 8. The maximum Gasteiger partial charge on any atom is 0.408 e. The van der Waals surface area contributed by atoms with Gasteiger partial charge in [0, 0.05) is 20.8 Å². The lowest BCUT2D eigenvalue weighted by Crippen LogP contribution is -2.67. The predicted octanol–water partition coefficient (Wildman–Crippen LogP) is 1.75. The summed E-state index contributed by atoms with van der Waals surface area (Å²) in [5.41, 5.74) is -0.0878. The van der Waals surface area contributed by atoms with Gasteiger partial charge in [-0.25, -0.2) is 4.79 Å². The first-order valence-electron chi connectivity index (χ1n) is 11.6. The van der Waals surface area contributed by atoms with Gasteiger partial charge in [0.15, 0.2) is 12.2 Å². The van der Waals surface area contributed by atoms with Crippen LogP contribution in [0.2, 0.25) is 0 Å². The maximum absolute atomic E-state index is 12.7. The molecule has 1 saturated heterocycles. The molecule has 0 aromatic heterocycles. The molecule has 13 nitrogen and oxygen atoms in total. The van der Waals surface area contributed by atoms with Crippen LogP contribution in [0, 0.1) is 6.92 Å². The van der Waals surface area contributed by atoms with Crippen LogP contribution in [-0.4, -0.2) is 75.3 Å². The van der Waals surface area contributed by atoms with Crippen molar-refractivity contribution in [1.82, 2.24) is 5.32 Å². The number of nitrogens with one attached hydrogen (secondary N) is 1. The van der Waals surface area contributed by atoms with Crippen LogP contribution in [0.15, 0.2) is 29.2 Å². The number of carbonyl (C=O) groups is 4. The first-order chi connectivity index (χ1) is 17.5. The highest BCUT2D eigenvalue weighted by Gasteiger charge is 2.52. The van der Waals surface area contributed by atoms with Crippen LogP contribution >= 0.6 is 0 Å². The Morgan fingerprint density at radius 1 is 0.895 bits per heavy atom. The summed E-state index contributed by atoms with van der Waals surface area (Å²) in [6.07, 6.45) is -6.95. The molecule has 1 N–H and O–H groups in total. The second-order valence-electron chi connectivity index (χ2n) is 9.52. The lowest BCUT2D eigenvalue weighted by Gasteiger charge is -2.44. The molecule has 38 heavy (non-hydrogen) atoms. The zero-order chi connectivity index (χ0) is 28.8. The van der Waals surface area contributed by atoms with Gasteiger partial charge in [-0.15, -0.1) is 0 Å². The van der Waals surface area contributed by atoms with Crippen molar-refractivity contribution < 1.29 is 55.5 Å². The van der Waals surface area contributed by atoms with Gasteiger partial charge < -0.3 is 29.0 Å². The first-order valence-corrected chi connectivity index (χ1v) is 13.0. The van der Waals surface area contributed by atoms with Crippen molar-refractivity contribution in [3.05, 3.63) is 29.8 Å². The van der Waals surface area contributed by atoms with Crippen LogP contribution in [0.25, 0.3) is 0 Å². The van der Waals surface area contributed by atoms with E-state index in [2.05, 4.69) is 5.32 Å². The molecule has 1 aliphatic heterocycles. The van der Waals surface area contributed by atoms with E-state index in [1.807, 2.05) is 0 Å². The zero-order valence-electron chi connectivity index (χ0n) is 22.2. The third kappa shape index (κ3) is 9.26. The molecule has 5 atom stereocenters. The molecule has 0 unspecified atom stereocenters. The molecule has 1 heterocycles. The first kappa shape index (κ1) is 31.0. The van der Waals surface area contributed by atoms with Gasteiger partial charge in [0.2, 0.25) is 6.29 Å². The number of esters is 3. The number of amides is 1. The molecular weight excluding hydrogens is 526 g/mol. The lowest BCUT2D eigenvalue weighted by molar-refractivity contribution is -0.268. The van der Waals surface area contributed by atoms with E-state index in [1.54, 1.807) is 39.8 Å². The van der Waals surface area contributed by atoms with E-state index < -0.39 is 77.0 Å². The van der Waals surface area contributed by atoms with Crippen molar-refractivity contribution in [2.24, 2.45) is 0 Å². The Morgan fingerprint density at radius 3 is 1.92 bits per heavy atom. The van der Waals surface area contributed by atoms with Gasteiger partial charge in [-0.1, -0.05) is 17.7 Å². The van der Waals surface area contributed by atoms with Gasteiger partial charge in [0.25, 0.3) is 10.1 Å². The highest BCUT2D eigenvalue weighted by molar-refractivity contribution is 7.86. The Kier molecular flexibility index (Phi) is 10.2. The summed E-state index contributed by atoms with van der Waals surface area (Å²) < 4.78 is 57.5. The minimum Gasteiger partial charge on any atom is -0.456 e. The lowest BCUT2D eigenvalue weighted by atomic mass is 9.96. The molecule has 0 radical (unpaired) electrons. The van der Waals surface area contributed by atoms with Crippen molar-refractivity contribution >= 4 is 34.1 Å². The summed E-state index contributed by atoms with van der Waals surface area (Å²) in [6, 6.07) is 4.44. The second-order valence-corrected chi connectivity index (χ2v) is 11.1. The van der Waals surface area contributed by atoms with E-state index in [1.165, 1.54) is 12.1 Å². The fraction of sp³-hybridized carbons (Fsp3) is 0.583. The Morgan fingerprint density at radius 2 is 1.42 bits per heavy atom. The van der Waals surface area contributed by atoms with Gasteiger partial charge >= 0.3 is 24.0 Å². The van der Waals surface area contributed by atoms with E-state index in [0.717, 1.165) is 26.3 Å². The fourth-order valence-electron chi connectivity index (χ4n) is 3.49. The quantitative estimate of drug-likeness (QED) is 0.278.